The Balaban J connectivity index is 4.24. The van der Waals surface area contributed by atoms with Crippen molar-refractivity contribution < 1.29 is 32.9 Å². The molecule has 0 aliphatic heterocycles. The number of amides is 1. The van der Waals surface area contributed by atoms with Gasteiger partial charge in [-0.05, 0) is 57.8 Å². The van der Waals surface area contributed by atoms with Crippen LogP contribution in [-0.2, 0) is 18.4 Å². The van der Waals surface area contributed by atoms with Crippen LogP contribution < -0.4 is 10.2 Å². The number of carbonyl (C=O) groups excluding carboxylic acids is 1. The number of unbranched alkanes of at least 4 members (excludes halogenated alkanes) is 21. The lowest BCUT2D eigenvalue weighted by Crippen LogP contribution is -2.46. The summed E-state index contributed by atoms with van der Waals surface area (Å²) >= 11 is 0. The Labute approximate surface area is 371 Å². The van der Waals surface area contributed by atoms with Crippen molar-refractivity contribution in [3.05, 3.63) is 60.8 Å². The van der Waals surface area contributed by atoms with Crippen LogP contribution in [0, 0.1) is 0 Å². The number of aliphatic hydroxyl groups is 1. The number of nitrogens with one attached hydrogen (secondary N) is 1. The molecular formula is C51H95N2O6P. The van der Waals surface area contributed by atoms with Gasteiger partial charge in [0, 0.05) is 6.42 Å². The Hall–Kier alpha value is -1.80. The first-order valence-corrected chi connectivity index (χ1v) is 26.1. The SMILES string of the molecule is CC/C=C\C/C=C\C/C=C\C/C=C\C/C=C\CCCCCCCCCCCC(=O)NC(COP(=O)([O-])OCC[N+](C)(C)C)C(O)CCCCCCCCCCCCCCC. The highest BCUT2D eigenvalue weighted by atomic mass is 31.2. The Morgan fingerprint density at radius 1 is 0.600 bits per heavy atom. The number of phosphoric acid groups is 1. The maximum atomic E-state index is 12.9. The molecule has 0 aromatic heterocycles. The van der Waals surface area contributed by atoms with Crippen molar-refractivity contribution in [2.24, 2.45) is 0 Å². The molecule has 2 N–H and O–H groups in total. The number of carbonyl (C=O) groups is 1. The zero-order valence-corrected chi connectivity index (χ0v) is 40.5. The van der Waals surface area contributed by atoms with E-state index >= 15 is 0 Å². The fraction of sp³-hybridized carbons (Fsp3) is 0.784. The second-order valence-electron chi connectivity index (χ2n) is 17.8. The molecule has 60 heavy (non-hydrogen) atoms. The van der Waals surface area contributed by atoms with E-state index in [0.29, 0.717) is 23.9 Å². The molecule has 0 bridgehead atoms. The molecule has 0 aliphatic carbocycles. The van der Waals surface area contributed by atoms with Gasteiger partial charge in [-0.15, -0.1) is 0 Å². The standard InChI is InChI=1S/C51H95N2O6P/c1-6-8-10-12-14-16-18-20-21-22-23-24-25-26-27-28-29-30-31-33-35-37-39-41-43-45-51(55)52-49(48-59-60(56,57)58-47-46-53(3,4)5)50(54)44-42-40-38-36-34-32-19-17-15-13-11-9-7-2/h8,10,14,16,20-21,23-24,26-27,49-50,54H,6-7,9,11-13,15,17-19,22,25,28-48H2,1-5H3,(H-,52,55,56,57)/b10-8-,16-14-,21-20-,24-23-,27-26-. The summed E-state index contributed by atoms with van der Waals surface area (Å²) in [5.74, 6) is -0.174. The number of allylic oxidation sites excluding steroid dienone is 10. The molecule has 0 heterocycles. The number of likely N-dealkylation sites (N-methyl/N-ethyl adjacent to an activating group) is 1. The molecule has 3 atom stereocenters. The first-order valence-electron chi connectivity index (χ1n) is 24.6. The van der Waals surface area contributed by atoms with Gasteiger partial charge in [-0.3, -0.25) is 9.36 Å². The van der Waals surface area contributed by atoms with Crippen LogP contribution in [0.25, 0.3) is 0 Å². The molecule has 0 fully saturated rings. The van der Waals surface area contributed by atoms with E-state index in [4.69, 9.17) is 9.05 Å². The minimum absolute atomic E-state index is 0.00855. The fourth-order valence-electron chi connectivity index (χ4n) is 6.89. The normalized spacial score (nSPS) is 14.7. The summed E-state index contributed by atoms with van der Waals surface area (Å²) in [5, 5.41) is 13.9. The van der Waals surface area contributed by atoms with Crippen molar-refractivity contribution in [1.29, 1.82) is 0 Å². The van der Waals surface area contributed by atoms with Crippen molar-refractivity contribution in [2.45, 2.75) is 219 Å². The second kappa shape index (κ2) is 42.5. The third-order valence-corrected chi connectivity index (χ3v) is 11.7. The van der Waals surface area contributed by atoms with Crippen LogP contribution in [-0.4, -0.2) is 68.5 Å². The molecule has 350 valence electrons. The Morgan fingerprint density at radius 3 is 1.48 bits per heavy atom. The van der Waals surface area contributed by atoms with Gasteiger partial charge in [0.2, 0.25) is 5.91 Å². The third-order valence-electron chi connectivity index (χ3n) is 10.8. The van der Waals surface area contributed by atoms with Gasteiger partial charge >= 0.3 is 0 Å². The number of rotatable bonds is 44. The van der Waals surface area contributed by atoms with Crippen LogP contribution >= 0.6 is 7.82 Å². The third kappa shape index (κ3) is 44.3. The van der Waals surface area contributed by atoms with Crippen molar-refractivity contribution in [3.63, 3.8) is 0 Å². The summed E-state index contributed by atoms with van der Waals surface area (Å²) in [6, 6.07) is -0.805. The monoisotopic (exact) mass is 863 g/mol. The zero-order valence-electron chi connectivity index (χ0n) is 39.6. The van der Waals surface area contributed by atoms with Gasteiger partial charge in [0.25, 0.3) is 7.82 Å². The minimum Gasteiger partial charge on any atom is -0.756 e. The van der Waals surface area contributed by atoms with Crippen molar-refractivity contribution in [2.75, 3.05) is 40.9 Å². The molecule has 3 unspecified atom stereocenters. The highest BCUT2D eigenvalue weighted by Gasteiger charge is 2.24. The maximum Gasteiger partial charge on any atom is 0.268 e. The van der Waals surface area contributed by atoms with Gasteiger partial charge in [0.15, 0.2) is 0 Å². The molecule has 0 aromatic carbocycles. The van der Waals surface area contributed by atoms with Gasteiger partial charge < -0.3 is 28.8 Å². The zero-order chi connectivity index (χ0) is 44.3. The molecule has 0 spiro atoms. The maximum absolute atomic E-state index is 12.9. The van der Waals surface area contributed by atoms with E-state index in [2.05, 4.69) is 79.9 Å². The first kappa shape index (κ1) is 58.2. The Bertz CT molecular complexity index is 1160. The first-order chi connectivity index (χ1) is 29.0. The summed E-state index contributed by atoms with van der Waals surface area (Å²) in [6.45, 7) is 4.59. The summed E-state index contributed by atoms with van der Waals surface area (Å²) in [5.41, 5.74) is 0. The highest BCUT2D eigenvalue weighted by molar-refractivity contribution is 7.45. The molecule has 9 heteroatoms. The molecule has 0 aliphatic rings. The van der Waals surface area contributed by atoms with Gasteiger partial charge in [-0.2, -0.15) is 0 Å². The molecule has 1 amide bonds. The summed E-state index contributed by atoms with van der Waals surface area (Å²) in [6.07, 6.45) is 55.1. The molecule has 0 saturated heterocycles. The van der Waals surface area contributed by atoms with Crippen LogP contribution in [0.4, 0.5) is 0 Å². The minimum atomic E-state index is -4.57. The molecule has 0 radical (unpaired) electrons. The number of quaternary nitrogens is 1. The Kier molecular flexibility index (Phi) is 41.2. The fourth-order valence-corrected chi connectivity index (χ4v) is 7.61. The van der Waals surface area contributed by atoms with E-state index in [1.165, 1.54) is 103 Å². The van der Waals surface area contributed by atoms with E-state index in [1.807, 2.05) is 21.1 Å². The number of aliphatic hydroxyl groups excluding tert-OH is 1. The van der Waals surface area contributed by atoms with Crippen molar-refractivity contribution in [3.8, 4) is 0 Å². The number of hydrogen-bond acceptors (Lipinski definition) is 6. The summed E-state index contributed by atoms with van der Waals surface area (Å²) in [7, 11) is 1.29. The molecule has 8 nitrogen and oxygen atoms in total. The largest absolute Gasteiger partial charge is 0.756 e. The van der Waals surface area contributed by atoms with Gasteiger partial charge in [0.1, 0.15) is 13.2 Å². The van der Waals surface area contributed by atoms with E-state index in [-0.39, 0.29) is 19.1 Å². The van der Waals surface area contributed by atoms with E-state index in [1.54, 1.807) is 0 Å². The lowest BCUT2D eigenvalue weighted by molar-refractivity contribution is -0.870. The summed E-state index contributed by atoms with van der Waals surface area (Å²) < 4.78 is 23.3. The quantitative estimate of drug-likeness (QED) is 0.0273. The average Bonchev–Trinajstić information content (AvgIpc) is 3.20. The van der Waals surface area contributed by atoms with Gasteiger partial charge in [0.05, 0.1) is 39.9 Å². The van der Waals surface area contributed by atoms with Crippen LogP contribution in [0.2, 0.25) is 0 Å². The molecule has 0 rings (SSSR count). The van der Waals surface area contributed by atoms with Gasteiger partial charge in [-0.25, -0.2) is 0 Å². The second-order valence-corrected chi connectivity index (χ2v) is 19.2. The summed E-state index contributed by atoms with van der Waals surface area (Å²) in [4.78, 5) is 25.4. The molecular weight excluding hydrogens is 768 g/mol. The molecule has 0 aromatic rings. The van der Waals surface area contributed by atoms with Gasteiger partial charge in [-0.1, -0.05) is 203 Å². The van der Waals surface area contributed by atoms with Crippen LogP contribution in [0.1, 0.15) is 206 Å². The van der Waals surface area contributed by atoms with Crippen LogP contribution in [0.3, 0.4) is 0 Å². The Morgan fingerprint density at radius 2 is 1.02 bits per heavy atom. The number of phosphoric ester groups is 1. The smallest absolute Gasteiger partial charge is 0.268 e. The van der Waals surface area contributed by atoms with Crippen LogP contribution in [0.5, 0.6) is 0 Å². The van der Waals surface area contributed by atoms with Crippen LogP contribution in [0.15, 0.2) is 60.8 Å². The molecule has 0 saturated carbocycles. The lowest BCUT2D eigenvalue weighted by Gasteiger charge is -2.30. The topological polar surface area (TPSA) is 108 Å². The van der Waals surface area contributed by atoms with Crippen molar-refractivity contribution >= 4 is 13.7 Å². The number of nitrogens with zero attached hydrogens (tertiary/aromatic N) is 1. The van der Waals surface area contributed by atoms with E-state index in [9.17, 15) is 19.4 Å². The number of hydrogen-bond donors (Lipinski definition) is 2. The average molecular weight is 863 g/mol. The highest BCUT2D eigenvalue weighted by Crippen LogP contribution is 2.38. The van der Waals surface area contributed by atoms with E-state index in [0.717, 1.165) is 77.0 Å². The lowest BCUT2D eigenvalue weighted by atomic mass is 10.0. The van der Waals surface area contributed by atoms with E-state index < -0.39 is 20.0 Å². The predicted molar refractivity (Wildman–Crippen MR) is 256 cm³/mol. The van der Waals surface area contributed by atoms with Crippen molar-refractivity contribution in [1.82, 2.24) is 5.32 Å². The predicted octanol–water partition coefficient (Wildman–Crippen LogP) is 13.6.